The molecule has 124 valence electrons. The lowest BCUT2D eigenvalue weighted by Gasteiger charge is -2.49. The fourth-order valence-electron chi connectivity index (χ4n) is 4.42. The molecule has 1 aliphatic carbocycles. The maximum atomic E-state index is 6.10. The van der Waals surface area contributed by atoms with Gasteiger partial charge in [0.2, 0.25) is 0 Å². The molecule has 2 N–H and O–H groups in total. The fourth-order valence-corrected chi connectivity index (χ4v) is 4.42. The maximum absolute atomic E-state index is 6.10. The van der Waals surface area contributed by atoms with Gasteiger partial charge in [-0.25, -0.2) is 0 Å². The van der Waals surface area contributed by atoms with Crippen LogP contribution in [0.5, 0.6) is 0 Å². The third-order valence-corrected chi connectivity index (χ3v) is 6.19. The molecule has 21 heavy (non-hydrogen) atoms. The summed E-state index contributed by atoms with van der Waals surface area (Å²) in [6.07, 6.45) is 5.96. The van der Waals surface area contributed by atoms with E-state index in [-0.39, 0.29) is 0 Å². The normalized spacial score (nSPS) is 39.4. The van der Waals surface area contributed by atoms with Crippen LogP contribution in [-0.2, 0) is 4.74 Å². The van der Waals surface area contributed by atoms with Crippen molar-refractivity contribution in [2.75, 3.05) is 19.6 Å². The summed E-state index contributed by atoms with van der Waals surface area (Å²) in [5, 5.41) is 0. The second-order valence-corrected chi connectivity index (χ2v) is 8.13. The van der Waals surface area contributed by atoms with Crippen LogP contribution in [-0.4, -0.2) is 42.8 Å². The van der Waals surface area contributed by atoms with Crippen LogP contribution in [0.3, 0.4) is 0 Å². The Morgan fingerprint density at radius 1 is 1.14 bits per heavy atom. The van der Waals surface area contributed by atoms with E-state index in [1.54, 1.807) is 0 Å². The molecule has 3 unspecified atom stereocenters. The van der Waals surface area contributed by atoms with Crippen LogP contribution in [0.2, 0.25) is 0 Å². The first-order valence-corrected chi connectivity index (χ1v) is 8.97. The summed E-state index contributed by atoms with van der Waals surface area (Å²) in [4.78, 5) is 2.69. The van der Waals surface area contributed by atoms with Gasteiger partial charge in [-0.2, -0.15) is 0 Å². The van der Waals surface area contributed by atoms with Crippen LogP contribution in [0.25, 0.3) is 0 Å². The largest absolute Gasteiger partial charge is 0.373 e. The zero-order valence-electron chi connectivity index (χ0n) is 14.8. The molecule has 2 aliphatic rings. The highest BCUT2D eigenvalue weighted by molar-refractivity contribution is 4.93. The highest BCUT2D eigenvalue weighted by atomic mass is 16.5. The highest BCUT2D eigenvalue weighted by Crippen LogP contribution is 2.43. The summed E-state index contributed by atoms with van der Waals surface area (Å²) in [6.45, 7) is 14.6. The molecule has 1 saturated heterocycles. The third-order valence-electron chi connectivity index (χ3n) is 6.19. The smallest absolute Gasteiger partial charge is 0.0678 e. The second-order valence-electron chi connectivity index (χ2n) is 8.13. The Hall–Kier alpha value is -0.120. The topological polar surface area (TPSA) is 38.5 Å². The predicted molar refractivity (Wildman–Crippen MR) is 89.3 cm³/mol. The molecule has 0 radical (unpaired) electrons. The van der Waals surface area contributed by atoms with Crippen molar-refractivity contribution in [2.45, 2.75) is 78.6 Å². The summed E-state index contributed by atoms with van der Waals surface area (Å²) in [5.74, 6) is 1.51. The lowest BCUT2D eigenvalue weighted by atomic mass is 9.65. The van der Waals surface area contributed by atoms with Gasteiger partial charge in [0, 0.05) is 19.1 Å². The Morgan fingerprint density at radius 3 is 2.29 bits per heavy atom. The van der Waals surface area contributed by atoms with Gasteiger partial charge < -0.3 is 10.5 Å². The van der Waals surface area contributed by atoms with E-state index < -0.39 is 0 Å². The van der Waals surface area contributed by atoms with Gasteiger partial charge >= 0.3 is 0 Å². The van der Waals surface area contributed by atoms with Gasteiger partial charge in [0.25, 0.3) is 0 Å². The van der Waals surface area contributed by atoms with E-state index in [1.807, 2.05) is 0 Å². The first-order valence-electron chi connectivity index (χ1n) is 8.97. The summed E-state index contributed by atoms with van der Waals surface area (Å²) >= 11 is 0. The van der Waals surface area contributed by atoms with E-state index >= 15 is 0 Å². The molecule has 1 aliphatic heterocycles. The molecule has 0 bridgehead atoms. The molecule has 1 heterocycles. The first kappa shape index (κ1) is 17.2. The minimum Gasteiger partial charge on any atom is -0.373 e. The molecule has 0 spiro atoms. The van der Waals surface area contributed by atoms with Gasteiger partial charge in [-0.05, 0) is 56.9 Å². The standard InChI is InChI=1S/C18H36N2O/c1-6-18(4,5)16-8-7-15(10-19)17(9-16)20-11-13(2)21-14(3)12-20/h13-17H,6-12,19H2,1-5H3/t13-,14+,15?,16?,17?. The third kappa shape index (κ3) is 4.00. The minimum absolute atomic E-state index is 0.353. The Morgan fingerprint density at radius 2 is 1.76 bits per heavy atom. The molecular weight excluding hydrogens is 260 g/mol. The number of rotatable bonds is 4. The quantitative estimate of drug-likeness (QED) is 0.865. The molecule has 0 aromatic carbocycles. The van der Waals surface area contributed by atoms with Crippen LogP contribution >= 0.6 is 0 Å². The Labute approximate surface area is 131 Å². The molecule has 2 rings (SSSR count). The van der Waals surface area contributed by atoms with Crippen molar-refractivity contribution >= 4 is 0 Å². The average molecular weight is 296 g/mol. The molecule has 0 aromatic heterocycles. The highest BCUT2D eigenvalue weighted by Gasteiger charge is 2.40. The van der Waals surface area contributed by atoms with Crippen molar-refractivity contribution in [3.05, 3.63) is 0 Å². The molecule has 0 amide bonds. The van der Waals surface area contributed by atoms with Crippen LogP contribution in [0.4, 0.5) is 0 Å². The lowest BCUT2D eigenvalue weighted by Crippen LogP contribution is -2.55. The van der Waals surface area contributed by atoms with E-state index in [0.717, 1.165) is 25.6 Å². The summed E-state index contributed by atoms with van der Waals surface area (Å²) < 4.78 is 5.92. The summed E-state index contributed by atoms with van der Waals surface area (Å²) in [7, 11) is 0. The van der Waals surface area contributed by atoms with Crippen LogP contribution in [0.1, 0.15) is 60.3 Å². The van der Waals surface area contributed by atoms with Gasteiger partial charge in [-0.3, -0.25) is 4.90 Å². The molecule has 3 nitrogen and oxygen atoms in total. The summed E-state index contributed by atoms with van der Waals surface area (Å²) in [6, 6.07) is 0.661. The number of nitrogens with two attached hydrogens (primary N) is 1. The molecule has 2 fully saturated rings. The van der Waals surface area contributed by atoms with Crippen molar-refractivity contribution < 1.29 is 4.74 Å². The zero-order valence-corrected chi connectivity index (χ0v) is 14.8. The van der Waals surface area contributed by atoms with E-state index in [0.29, 0.717) is 29.6 Å². The number of nitrogens with zero attached hydrogens (tertiary/aromatic N) is 1. The monoisotopic (exact) mass is 296 g/mol. The van der Waals surface area contributed by atoms with Gasteiger partial charge in [-0.15, -0.1) is 0 Å². The zero-order chi connectivity index (χ0) is 15.6. The second kappa shape index (κ2) is 6.97. The van der Waals surface area contributed by atoms with E-state index in [1.165, 1.54) is 25.7 Å². The lowest BCUT2D eigenvalue weighted by molar-refractivity contribution is -0.0976. The molecule has 0 aromatic rings. The molecule has 5 atom stereocenters. The van der Waals surface area contributed by atoms with Crippen molar-refractivity contribution in [3.63, 3.8) is 0 Å². The number of hydrogen-bond acceptors (Lipinski definition) is 3. The average Bonchev–Trinajstić information content (AvgIpc) is 2.45. The van der Waals surface area contributed by atoms with Crippen molar-refractivity contribution in [1.82, 2.24) is 4.90 Å². The van der Waals surface area contributed by atoms with Gasteiger partial charge in [0.15, 0.2) is 0 Å². The van der Waals surface area contributed by atoms with Crippen molar-refractivity contribution in [1.29, 1.82) is 0 Å². The Bertz CT molecular complexity index is 321. The SMILES string of the molecule is CCC(C)(C)C1CCC(CN)C(N2C[C@@H](C)O[C@@H](C)C2)C1. The van der Waals surface area contributed by atoms with Crippen molar-refractivity contribution in [3.8, 4) is 0 Å². The first-order chi connectivity index (χ1) is 9.87. The van der Waals surface area contributed by atoms with E-state index in [4.69, 9.17) is 10.5 Å². The molecule has 3 heteroatoms. The number of hydrogen-bond donors (Lipinski definition) is 1. The maximum Gasteiger partial charge on any atom is 0.0678 e. The minimum atomic E-state index is 0.353. The Kier molecular flexibility index (Phi) is 5.72. The predicted octanol–water partition coefficient (Wildman–Crippen LogP) is 3.28. The van der Waals surface area contributed by atoms with Crippen LogP contribution in [0, 0.1) is 17.3 Å². The van der Waals surface area contributed by atoms with Gasteiger partial charge in [0.1, 0.15) is 0 Å². The number of ether oxygens (including phenoxy) is 1. The van der Waals surface area contributed by atoms with Crippen LogP contribution < -0.4 is 5.73 Å². The fraction of sp³-hybridized carbons (Fsp3) is 1.00. The van der Waals surface area contributed by atoms with E-state index in [9.17, 15) is 0 Å². The Balaban J connectivity index is 2.09. The van der Waals surface area contributed by atoms with E-state index in [2.05, 4.69) is 39.5 Å². The van der Waals surface area contributed by atoms with Gasteiger partial charge in [-0.1, -0.05) is 27.2 Å². The number of morpholine rings is 1. The van der Waals surface area contributed by atoms with Crippen LogP contribution in [0.15, 0.2) is 0 Å². The summed E-state index contributed by atoms with van der Waals surface area (Å²) in [5.41, 5.74) is 6.56. The van der Waals surface area contributed by atoms with Crippen molar-refractivity contribution in [2.24, 2.45) is 23.0 Å². The molecule has 1 saturated carbocycles. The van der Waals surface area contributed by atoms with Gasteiger partial charge in [0.05, 0.1) is 12.2 Å². The molecular formula is C18H36N2O.